The van der Waals surface area contributed by atoms with Gasteiger partial charge in [-0.2, -0.15) is 4.31 Å². The summed E-state index contributed by atoms with van der Waals surface area (Å²) in [5.74, 6) is 0.798. The number of anilines is 1. The Bertz CT molecular complexity index is 905. The zero-order valence-corrected chi connectivity index (χ0v) is 16.8. The van der Waals surface area contributed by atoms with Crippen molar-refractivity contribution in [3.63, 3.8) is 0 Å². The SMILES string of the molecule is Cc1noc(C)c1C(=O)Nc1ccc(S(=O)(=O)N2C[C@H](C)C[C@@H](C)C2)cc1. The molecule has 1 N–H and O–H groups in total. The minimum absolute atomic E-state index is 0.235. The van der Waals surface area contributed by atoms with E-state index in [9.17, 15) is 13.2 Å². The third-order valence-electron chi connectivity index (χ3n) is 4.85. The molecule has 7 nitrogen and oxygen atoms in total. The number of benzene rings is 1. The fourth-order valence-corrected chi connectivity index (χ4v) is 5.34. The molecule has 1 aliphatic rings. The van der Waals surface area contributed by atoms with Crippen molar-refractivity contribution >= 4 is 21.6 Å². The summed E-state index contributed by atoms with van der Waals surface area (Å²) in [6.07, 6.45) is 1.04. The normalized spacial score (nSPS) is 21.2. The number of hydrogen-bond acceptors (Lipinski definition) is 5. The number of hydrogen-bond donors (Lipinski definition) is 1. The van der Waals surface area contributed by atoms with Gasteiger partial charge in [0.25, 0.3) is 5.91 Å². The number of piperidine rings is 1. The zero-order valence-electron chi connectivity index (χ0n) is 16.0. The number of aryl methyl sites for hydroxylation is 2. The molecule has 0 unspecified atom stereocenters. The van der Waals surface area contributed by atoms with Gasteiger partial charge in [-0.1, -0.05) is 19.0 Å². The van der Waals surface area contributed by atoms with E-state index in [4.69, 9.17) is 4.52 Å². The molecule has 0 aliphatic carbocycles. The number of nitrogens with zero attached hydrogens (tertiary/aromatic N) is 2. The second-order valence-electron chi connectivity index (χ2n) is 7.45. The van der Waals surface area contributed by atoms with Gasteiger partial charge < -0.3 is 9.84 Å². The Morgan fingerprint density at radius 2 is 1.74 bits per heavy atom. The van der Waals surface area contributed by atoms with Gasteiger partial charge in [0.2, 0.25) is 10.0 Å². The lowest BCUT2D eigenvalue weighted by Crippen LogP contribution is -2.42. The summed E-state index contributed by atoms with van der Waals surface area (Å²) in [6.45, 7) is 8.60. The molecule has 0 saturated carbocycles. The quantitative estimate of drug-likeness (QED) is 0.864. The average Bonchev–Trinajstić information content (AvgIpc) is 2.93. The monoisotopic (exact) mass is 391 g/mol. The van der Waals surface area contributed by atoms with Gasteiger partial charge in [0.1, 0.15) is 11.3 Å². The van der Waals surface area contributed by atoms with E-state index in [1.807, 2.05) is 0 Å². The van der Waals surface area contributed by atoms with Crippen molar-refractivity contribution in [1.82, 2.24) is 9.46 Å². The molecule has 2 heterocycles. The largest absolute Gasteiger partial charge is 0.361 e. The van der Waals surface area contributed by atoms with Crippen molar-refractivity contribution in [3.05, 3.63) is 41.3 Å². The van der Waals surface area contributed by atoms with Gasteiger partial charge in [-0.15, -0.1) is 0 Å². The van der Waals surface area contributed by atoms with Crippen molar-refractivity contribution in [3.8, 4) is 0 Å². The Kier molecular flexibility index (Phi) is 5.39. The Morgan fingerprint density at radius 1 is 1.15 bits per heavy atom. The van der Waals surface area contributed by atoms with Crippen LogP contribution in [-0.2, 0) is 10.0 Å². The highest BCUT2D eigenvalue weighted by Gasteiger charge is 2.31. The molecular formula is C19H25N3O4S. The van der Waals surface area contributed by atoms with E-state index in [2.05, 4.69) is 24.3 Å². The van der Waals surface area contributed by atoms with Crippen LogP contribution >= 0.6 is 0 Å². The summed E-state index contributed by atoms with van der Waals surface area (Å²) in [5, 5.41) is 6.52. The molecule has 0 spiro atoms. The fraction of sp³-hybridized carbons (Fsp3) is 0.474. The van der Waals surface area contributed by atoms with Crippen LogP contribution in [0.15, 0.2) is 33.7 Å². The second kappa shape index (κ2) is 7.44. The predicted molar refractivity (Wildman–Crippen MR) is 102 cm³/mol. The summed E-state index contributed by atoms with van der Waals surface area (Å²) in [4.78, 5) is 12.6. The van der Waals surface area contributed by atoms with Crippen molar-refractivity contribution < 1.29 is 17.7 Å². The van der Waals surface area contributed by atoms with Crippen LogP contribution < -0.4 is 5.32 Å². The Balaban J connectivity index is 1.76. The average molecular weight is 391 g/mol. The van der Waals surface area contributed by atoms with Crippen molar-refractivity contribution in [1.29, 1.82) is 0 Å². The Hall–Kier alpha value is -2.19. The molecule has 2 aromatic rings. The standard InChI is InChI=1S/C19H25N3O4S/c1-12-9-13(2)11-22(10-12)27(24,25)17-7-5-16(6-8-17)20-19(23)18-14(3)21-26-15(18)4/h5-8,12-13H,9-11H2,1-4H3,(H,20,23)/t12-,13-/m1/s1. The Morgan fingerprint density at radius 3 is 2.26 bits per heavy atom. The fourth-order valence-electron chi connectivity index (χ4n) is 3.66. The first-order valence-corrected chi connectivity index (χ1v) is 10.5. The Labute approximate surface area is 159 Å². The second-order valence-corrected chi connectivity index (χ2v) is 9.38. The molecule has 8 heteroatoms. The first-order valence-electron chi connectivity index (χ1n) is 9.03. The van der Waals surface area contributed by atoms with Crippen LogP contribution in [0.1, 0.15) is 42.1 Å². The minimum atomic E-state index is -3.53. The molecular weight excluding hydrogens is 366 g/mol. The number of rotatable bonds is 4. The predicted octanol–water partition coefficient (Wildman–Crippen LogP) is 3.21. The molecule has 1 aliphatic heterocycles. The number of nitrogens with one attached hydrogen (secondary N) is 1. The lowest BCUT2D eigenvalue weighted by atomic mass is 9.94. The first-order chi connectivity index (χ1) is 12.7. The van der Waals surface area contributed by atoms with Gasteiger partial charge in [-0.3, -0.25) is 4.79 Å². The van der Waals surface area contributed by atoms with Gasteiger partial charge in [0, 0.05) is 18.8 Å². The number of carbonyl (C=O) groups excluding carboxylic acids is 1. The molecule has 1 saturated heterocycles. The highest BCUT2D eigenvalue weighted by Crippen LogP contribution is 2.27. The van der Waals surface area contributed by atoms with E-state index in [1.165, 1.54) is 12.1 Å². The highest BCUT2D eigenvalue weighted by atomic mass is 32.2. The molecule has 0 radical (unpaired) electrons. The van der Waals surface area contributed by atoms with Crippen LogP contribution in [-0.4, -0.2) is 36.9 Å². The zero-order chi connectivity index (χ0) is 19.8. The van der Waals surface area contributed by atoms with E-state index in [0.717, 1.165) is 6.42 Å². The molecule has 146 valence electrons. The summed E-state index contributed by atoms with van der Waals surface area (Å²) >= 11 is 0. The topological polar surface area (TPSA) is 92.5 Å². The van der Waals surface area contributed by atoms with Crippen LogP contribution in [0.5, 0.6) is 0 Å². The van der Waals surface area contributed by atoms with E-state index in [-0.39, 0.29) is 10.8 Å². The van der Waals surface area contributed by atoms with Crippen LogP contribution in [0.25, 0.3) is 0 Å². The molecule has 3 rings (SSSR count). The minimum Gasteiger partial charge on any atom is -0.361 e. The lowest BCUT2D eigenvalue weighted by molar-refractivity contribution is 0.102. The number of aromatic nitrogens is 1. The van der Waals surface area contributed by atoms with Crippen LogP contribution in [0.4, 0.5) is 5.69 Å². The van der Waals surface area contributed by atoms with Crippen molar-refractivity contribution in [2.75, 3.05) is 18.4 Å². The molecule has 27 heavy (non-hydrogen) atoms. The molecule has 1 amide bonds. The number of amides is 1. The van der Waals surface area contributed by atoms with E-state index < -0.39 is 10.0 Å². The third-order valence-corrected chi connectivity index (χ3v) is 6.69. The van der Waals surface area contributed by atoms with E-state index in [0.29, 0.717) is 47.6 Å². The van der Waals surface area contributed by atoms with Crippen molar-refractivity contribution in [2.24, 2.45) is 11.8 Å². The van der Waals surface area contributed by atoms with Gasteiger partial charge in [-0.05, 0) is 56.4 Å². The third kappa shape index (κ3) is 4.06. The highest BCUT2D eigenvalue weighted by molar-refractivity contribution is 7.89. The maximum atomic E-state index is 12.9. The molecule has 0 bridgehead atoms. The van der Waals surface area contributed by atoms with Crippen LogP contribution in [0.2, 0.25) is 0 Å². The number of carbonyl (C=O) groups is 1. The maximum absolute atomic E-state index is 12.9. The van der Waals surface area contributed by atoms with Crippen LogP contribution in [0.3, 0.4) is 0 Å². The first kappa shape index (κ1) is 19.6. The van der Waals surface area contributed by atoms with Gasteiger partial charge in [0.15, 0.2) is 0 Å². The van der Waals surface area contributed by atoms with Gasteiger partial charge in [0.05, 0.1) is 10.6 Å². The summed E-state index contributed by atoms with van der Waals surface area (Å²) in [6, 6.07) is 6.25. The molecule has 2 atom stereocenters. The van der Waals surface area contributed by atoms with Gasteiger partial charge >= 0.3 is 0 Å². The molecule has 1 fully saturated rings. The van der Waals surface area contributed by atoms with Crippen LogP contribution in [0, 0.1) is 25.7 Å². The summed E-state index contributed by atoms with van der Waals surface area (Å²) < 4.78 is 32.4. The van der Waals surface area contributed by atoms with E-state index in [1.54, 1.807) is 30.3 Å². The van der Waals surface area contributed by atoms with Gasteiger partial charge in [-0.25, -0.2) is 8.42 Å². The van der Waals surface area contributed by atoms with E-state index >= 15 is 0 Å². The van der Waals surface area contributed by atoms with Crippen molar-refractivity contribution in [2.45, 2.75) is 39.0 Å². The molecule has 1 aromatic heterocycles. The maximum Gasteiger partial charge on any atom is 0.261 e. The summed E-state index contributed by atoms with van der Waals surface area (Å²) in [7, 11) is -3.53. The summed E-state index contributed by atoms with van der Waals surface area (Å²) in [5.41, 5.74) is 1.42. The lowest BCUT2D eigenvalue weighted by Gasteiger charge is -2.34. The number of sulfonamides is 1. The molecule has 1 aromatic carbocycles. The smallest absolute Gasteiger partial charge is 0.261 e.